The maximum absolute atomic E-state index is 11.6. The van der Waals surface area contributed by atoms with Crippen molar-refractivity contribution in [2.24, 2.45) is 0 Å². The molecule has 0 saturated carbocycles. The van der Waals surface area contributed by atoms with E-state index < -0.39 is 6.09 Å². The number of benzene rings is 1. The molecule has 23 heavy (non-hydrogen) atoms. The number of amides is 2. The molecule has 1 heterocycles. The van der Waals surface area contributed by atoms with Gasteiger partial charge < -0.3 is 20.4 Å². The fraction of sp³-hybridized carbons (Fsp3) is 0.467. The number of anilines is 1. The third-order valence-corrected chi connectivity index (χ3v) is 3.08. The lowest BCUT2D eigenvalue weighted by Gasteiger charge is -2.14. The van der Waals surface area contributed by atoms with E-state index in [1.165, 1.54) is 26.9 Å². The molecule has 8 heteroatoms. The molecule has 0 radical (unpaired) electrons. The van der Waals surface area contributed by atoms with Gasteiger partial charge in [0.2, 0.25) is 5.91 Å². The minimum Gasteiger partial charge on any atom is -0.508 e. The highest BCUT2D eigenvalue weighted by atomic mass is 35.5. The number of halogens is 1. The minimum absolute atomic E-state index is 0. The van der Waals surface area contributed by atoms with Gasteiger partial charge in [0.1, 0.15) is 5.75 Å². The van der Waals surface area contributed by atoms with Crippen LogP contribution in [0.5, 0.6) is 5.75 Å². The van der Waals surface area contributed by atoms with Gasteiger partial charge in [-0.2, -0.15) is 0 Å². The van der Waals surface area contributed by atoms with E-state index in [-0.39, 0.29) is 24.1 Å². The van der Waals surface area contributed by atoms with Crippen molar-refractivity contribution in [3.8, 4) is 5.75 Å². The van der Waals surface area contributed by atoms with Crippen LogP contribution >= 0.6 is 12.4 Å². The summed E-state index contributed by atoms with van der Waals surface area (Å²) in [6.45, 7) is 2.45. The highest BCUT2D eigenvalue weighted by Crippen LogP contribution is 2.15. The van der Waals surface area contributed by atoms with E-state index in [9.17, 15) is 14.7 Å². The monoisotopic (exact) mass is 345 g/mol. The van der Waals surface area contributed by atoms with Crippen LogP contribution in [-0.4, -0.2) is 65.7 Å². The summed E-state index contributed by atoms with van der Waals surface area (Å²) in [5.74, 6) is 0.145. The van der Waals surface area contributed by atoms with E-state index in [2.05, 4.69) is 10.2 Å². The molecule has 0 spiro atoms. The van der Waals surface area contributed by atoms with Gasteiger partial charge >= 0.3 is 6.09 Å². The Labute approximate surface area is 142 Å². The number of rotatable bonds is 3. The molecule has 0 bridgehead atoms. The summed E-state index contributed by atoms with van der Waals surface area (Å²) in [5.41, 5.74) is 0.643. The van der Waals surface area contributed by atoms with Gasteiger partial charge in [0.25, 0.3) is 0 Å². The summed E-state index contributed by atoms with van der Waals surface area (Å²) < 4.78 is 0. The number of nitrogens with one attached hydrogen (secondary N) is 1. The van der Waals surface area contributed by atoms with Crippen LogP contribution < -0.4 is 5.32 Å². The highest BCUT2D eigenvalue weighted by molar-refractivity contribution is 5.92. The quantitative estimate of drug-likeness (QED) is 0.779. The van der Waals surface area contributed by atoms with E-state index in [1.807, 2.05) is 0 Å². The zero-order valence-electron chi connectivity index (χ0n) is 13.4. The van der Waals surface area contributed by atoms with Gasteiger partial charge in [-0.3, -0.25) is 9.69 Å². The Morgan fingerprint density at radius 1 is 1.26 bits per heavy atom. The van der Waals surface area contributed by atoms with Crippen molar-refractivity contribution in [3.63, 3.8) is 0 Å². The van der Waals surface area contributed by atoms with Crippen LogP contribution in [0.2, 0.25) is 0 Å². The molecule has 0 atom stereocenters. The van der Waals surface area contributed by atoms with Gasteiger partial charge in [-0.1, -0.05) is 6.07 Å². The zero-order valence-corrected chi connectivity index (χ0v) is 14.2. The maximum Gasteiger partial charge on any atom is 0.406 e. The van der Waals surface area contributed by atoms with Crippen LogP contribution in [0.25, 0.3) is 0 Å². The number of phenols is 1. The minimum atomic E-state index is -0.907. The largest absolute Gasteiger partial charge is 0.508 e. The normalized spacial score (nSPS) is 13.3. The molecule has 2 amide bonds. The van der Waals surface area contributed by atoms with Crippen LogP contribution in [-0.2, 0) is 4.79 Å². The molecular weight excluding hydrogens is 322 g/mol. The Hall–Kier alpha value is -1.99. The molecule has 7 nitrogen and oxygen atoms in total. The molecule has 0 aliphatic carbocycles. The molecule has 0 aromatic heterocycles. The third-order valence-electron chi connectivity index (χ3n) is 3.08. The Balaban J connectivity index is 0.000000599. The molecule has 1 fully saturated rings. The molecular formula is C15H24ClN3O4. The van der Waals surface area contributed by atoms with Gasteiger partial charge in [0.15, 0.2) is 0 Å². The smallest absolute Gasteiger partial charge is 0.406 e. The van der Waals surface area contributed by atoms with E-state index in [0.29, 0.717) is 12.2 Å². The summed E-state index contributed by atoms with van der Waals surface area (Å²) in [6.07, 6.45) is 1.45. The lowest BCUT2D eigenvalue weighted by atomic mass is 10.3. The van der Waals surface area contributed by atoms with E-state index in [1.54, 1.807) is 24.3 Å². The molecule has 130 valence electrons. The van der Waals surface area contributed by atoms with Gasteiger partial charge in [-0.05, 0) is 38.1 Å². The molecule has 0 unspecified atom stereocenters. The fourth-order valence-electron chi connectivity index (χ4n) is 1.93. The van der Waals surface area contributed by atoms with Crippen LogP contribution in [0.1, 0.15) is 12.8 Å². The van der Waals surface area contributed by atoms with Crippen LogP contribution in [0.3, 0.4) is 0 Å². The first kappa shape index (κ1) is 21.0. The van der Waals surface area contributed by atoms with Gasteiger partial charge in [-0.15, -0.1) is 12.4 Å². The molecule has 1 aromatic rings. The average Bonchev–Trinajstić information content (AvgIpc) is 2.92. The number of phenolic OH excluding ortho intramolecular Hbond substituents is 1. The standard InChI is InChI=1S/C12H16N2O2.C3H7NO2.ClH/c15-11-5-3-4-10(8-11)13-12(16)9-14-6-1-2-7-14;1-4(2)3(5)6;/h3-5,8,15H,1-2,6-7,9H2,(H,13,16);1-2H3,(H,5,6);1H. The summed E-state index contributed by atoms with van der Waals surface area (Å²) in [4.78, 5) is 24.5. The van der Waals surface area contributed by atoms with E-state index in [0.717, 1.165) is 18.0 Å². The van der Waals surface area contributed by atoms with Gasteiger partial charge in [-0.25, -0.2) is 4.79 Å². The van der Waals surface area contributed by atoms with Crippen molar-refractivity contribution in [2.75, 3.05) is 39.0 Å². The third kappa shape index (κ3) is 8.90. The molecule has 1 saturated heterocycles. The topological polar surface area (TPSA) is 93.1 Å². The molecule has 2 rings (SSSR count). The van der Waals surface area contributed by atoms with Crippen molar-refractivity contribution in [2.45, 2.75) is 12.8 Å². The van der Waals surface area contributed by atoms with Crippen molar-refractivity contribution < 1.29 is 19.8 Å². The number of carbonyl (C=O) groups excluding carboxylic acids is 1. The van der Waals surface area contributed by atoms with Crippen molar-refractivity contribution in [3.05, 3.63) is 24.3 Å². The fourth-order valence-corrected chi connectivity index (χ4v) is 1.93. The lowest BCUT2D eigenvalue weighted by Crippen LogP contribution is -2.30. The molecule has 3 N–H and O–H groups in total. The first-order chi connectivity index (χ1) is 10.4. The van der Waals surface area contributed by atoms with Gasteiger partial charge in [0.05, 0.1) is 6.54 Å². The van der Waals surface area contributed by atoms with Crippen LogP contribution in [0, 0.1) is 0 Å². The van der Waals surface area contributed by atoms with Crippen LogP contribution in [0.15, 0.2) is 24.3 Å². The predicted octanol–water partition coefficient (Wildman–Crippen LogP) is 2.07. The number of carbonyl (C=O) groups is 2. The second-order valence-corrected chi connectivity index (χ2v) is 5.26. The molecule has 1 aliphatic rings. The maximum atomic E-state index is 11.6. The Bertz CT molecular complexity index is 505. The number of likely N-dealkylation sites (tertiary alicyclic amines) is 1. The lowest BCUT2D eigenvalue weighted by molar-refractivity contribution is -0.117. The van der Waals surface area contributed by atoms with Crippen molar-refractivity contribution >= 4 is 30.1 Å². The molecule has 1 aliphatic heterocycles. The SMILES string of the molecule is CN(C)C(=O)O.Cl.O=C(CN1CCCC1)Nc1cccc(O)c1. The Morgan fingerprint density at radius 3 is 2.30 bits per heavy atom. The van der Waals surface area contributed by atoms with Gasteiger partial charge in [0, 0.05) is 25.8 Å². The second kappa shape index (κ2) is 10.7. The number of hydrogen-bond donors (Lipinski definition) is 3. The Kier molecular flexibility index (Phi) is 9.76. The van der Waals surface area contributed by atoms with Crippen molar-refractivity contribution in [1.82, 2.24) is 9.80 Å². The van der Waals surface area contributed by atoms with E-state index >= 15 is 0 Å². The van der Waals surface area contributed by atoms with E-state index in [4.69, 9.17) is 5.11 Å². The number of aromatic hydroxyl groups is 1. The summed E-state index contributed by atoms with van der Waals surface area (Å²) in [6, 6.07) is 6.60. The first-order valence-corrected chi connectivity index (χ1v) is 7.10. The zero-order chi connectivity index (χ0) is 16.5. The Morgan fingerprint density at radius 2 is 1.83 bits per heavy atom. The first-order valence-electron chi connectivity index (χ1n) is 7.10. The molecule has 1 aromatic carbocycles. The predicted molar refractivity (Wildman–Crippen MR) is 91.4 cm³/mol. The summed E-state index contributed by atoms with van der Waals surface area (Å²) in [5, 5.41) is 19.9. The number of hydrogen-bond acceptors (Lipinski definition) is 4. The average molecular weight is 346 g/mol. The second-order valence-electron chi connectivity index (χ2n) is 5.26. The summed E-state index contributed by atoms with van der Waals surface area (Å²) >= 11 is 0. The highest BCUT2D eigenvalue weighted by Gasteiger charge is 2.14. The van der Waals surface area contributed by atoms with Crippen molar-refractivity contribution in [1.29, 1.82) is 0 Å². The number of nitrogens with zero attached hydrogens (tertiary/aromatic N) is 2. The number of carboxylic acid groups (broad SMARTS) is 1. The summed E-state index contributed by atoms with van der Waals surface area (Å²) in [7, 11) is 2.95. The van der Waals surface area contributed by atoms with Crippen LogP contribution in [0.4, 0.5) is 10.5 Å².